The van der Waals surface area contributed by atoms with Crippen LogP contribution in [0.1, 0.15) is 25.8 Å². The normalized spacial score (nSPS) is 10.3. The number of nitrogens with zero attached hydrogens (tertiary/aromatic N) is 2. The average molecular weight is 239 g/mol. The van der Waals surface area contributed by atoms with Crippen molar-refractivity contribution in [2.75, 3.05) is 31.7 Å². The van der Waals surface area contributed by atoms with Gasteiger partial charge in [0.25, 0.3) is 0 Å². The molecule has 0 fully saturated rings. The van der Waals surface area contributed by atoms with Gasteiger partial charge in [0.05, 0.1) is 6.61 Å². The molecule has 0 aliphatic carbocycles. The van der Waals surface area contributed by atoms with E-state index in [1.165, 1.54) is 0 Å². The maximum atomic E-state index is 5.55. The van der Waals surface area contributed by atoms with Crippen molar-refractivity contribution in [1.82, 2.24) is 9.97 Å². The molecule has 1 rings (SSSR count). The average Bonchev–Trinajstić information content (AvgIpc) is 2.33. The van der Waals surface area contributed by atoms with E-state index in [-0.39, 0.29) is 0 Å². The molecule has 5 nitrogen and oxygen atoms in total. The third kappa shape index (κ3) is 4.99. The summed E-state index contributed by atoms with van der Waals surface area (Å²) in [5.74, 6) is 1.22. The van der Waals surface area contributed by atoms with Crippen molar-refractivity contribution in [3.05, 3.63) is 11.8 Å². The van der Waals surface area contributed by atoms with Crippen LogP contribution in [0.4, 0.5) is 5.95 Å². The number of hydrogen-bond donors (Lipinski definition) is 1. The zero-order valence-corrected chi connectivity index (χ0v) is 10.8. The van der Waals surface area contributed by atoms with E-state index < -0.39 is 0 Å². The van der Waals surface area contributed by atoms with Crippen molar-refractivity contribution in [3.63, 3.8) is 0 Å². The summed E-state index contributed by atoms with van der Waals surface area (Å²) in [6.45, 7) is 8.69. The Kier molecular flexibility index (Phi) is 6.32. The van der Waals surface area contributed by atoms with Gasteiger partial charge in [-0.05, 0) is 20.3 Å². The van der Waals surface area contributed by atoms with E-state index in [1.807, 2.05) is 13.8 Å². The van der Waals surface area contributed by atoms with E-state index in [2.05, 4.69) is 22.2 Å². The Labute approximate surface area is 103 Å². The fraction of sp³-hybridized carbons (Fsp3) is 0.667. The van der Waals surface area contributed by atoms with Crippen LogP contribution in [-0.2, 0) is 4.74 Å². The van der Waals surface area contributed by atoms with E-state index >= 15 is 0 Å². The lowest BCUT2D eigenvalue weighted by Crippen LogP contribution is -2.10. The highest BCUT2D eigenvalue weighted by molar-refractivity contribution is 5.32. The van der Waals surface area contributed by atoms with Gasteiger partial charge in [0.2, 0.25) is 11.8 Å². The second-order valence-electron chi connectivity index (χ2n) is 3.67. The molecule has 5 heteroatoms. The van der Waals surface area contributed by atoms with Crippen LogP contribution in [-0.4, -0.2) is 36.3 Å². The highest BCUT2D eigenvalue weighted by atomic mass is 16.5. The Morgan fingerprint density at radius 2 is 2.06 bits per heavy atom. The lowest BCUT2D eigenvalue weighted by molar-refractivity contribution is 0.0987. The largest absolute Gasteiger partial charge is 0.475 e. The minimum absolute atomic E-state index is 0.517. The molecular weight excluding hydrogens is 218 g/mol. The van der Waals surface area contributed by atoms with Crippen LogP contribution in [0.2, 0.25) is 0 Å². The van der Waals surface area contributed by atoms with Gasteiger partial charge >= 0.3 is 0 Å². The fourth-order valence-electron chi connectivity index (χ4n) is 1.26. The summed E-state index contributed by atoms with van der Waals surface area (Å²) in [6, 6.07) is 0. The lowest BCUT2D eigenvalue weighted by Gasteiger charge is -2.09. The van der Waals surface area contributed by atoms with Crippen LogP contribution in [0, 0.1) is 6.92 Å². The Bertz CT molecular complexity index is 332. The second-order valence-corrected chi connectivity index (χ2v) is 3.67. The third-order valence-corrected chi connectivity index (χ3v) is 2.08. The van der Waals surface area contributed by atoms with Crippen molar-refractivity contribution >= 4 is 5.95 Å². The van der Waals surface area contributed by atoms with Crippen molar-refractivity contribution < 1.29 is 9.47 Å². The predicted molar refractivity (Wildman–Crippen MR) is 67.5 cm³/mol. The molecule has 0 aromatic carbocycles. The Balaban J connectivity index is 2.42. The minimum atomic E-state index is 0.517. The summed E-state index contributed by atoms with van der Waals surface area (Å²) in [6.07, 6.45) is 2.78. The van der Waals surface area contributed by atoms with Gasteiger partial charge in [-0.3, -0.25) is 0 Å². The van der Waals surface area contributed by atoms with Crippen molar-refractivity contribution in [1.29, 1.82) is 0 Å². The third-order valence-electron chi connectivity index (χ3n) is 2.08. The summed E-state index contributed by atoms with van der Waals surface area (Å²) in [4.78, 5) is 8.43. The monoisotopic (exact) mass is 239 g/mol. The molecule has 0 saturated carbocycles. The molecule has 1 aromatic rings. The molecule has 0 saturated heterocycles. The highest BCUT2D eigenvalue weighted by Crippen LogP contribution is 2.14. The summed E-state index contributed by atoms with van der Waals surface area (Å²) in [7, 11) is 0. The molecule has 0 radical (unpaired) electrons. The number of hydrogen-bond acceptors (Lipinski definition) is 5. The number of aromatic nitrogens is 2. The first-order chi connectivity index (χ1) is 8.27. The van der Waals surface area contributed by atoms with Gasteiger partial charge < -0.3 is 14.8 Å². The van der Waals surface area contributed by atoms with E-state index in [9.17, 15) is 0 Å². The molecule has 17 heavy (non-hydrogen) atoms. The first-order valence-electron chi connectivity index (χ1n) is 6.06. The van der Waals surface area contributed by atoms with Crippen molar-refractivity contribution in [2.24, 2.45) is 0 Å². The number of aryl methyl sites for hydroxylation is 1. The highest BCUT2D eigenvalue weighted by Gasteiger charge is 2.04. The smallest absolute Gasteiger partial charge is 0.225 e. The summed E-state index contributed by atoms with van der Waals surface area (Å²) in [5, 5.41) is 3.05. The molecule has 0 bridgehead atoms. The summed E-state index contributed by atoms with van der Waals surface area (Å²) in [5.41, 5.74) is 0.933. The summed E-state index contributed by atoms with van der Waals surface area (Å²) < 4.78 is 10.9. The number of anilines is 1. The Morgan fingerprint density at radius 1 is 1.24 bits per heavy atom. The SMILES string of the molecule is CCCOCCOc1nc(NCC)ncc1C. The quantitative estimate of drug-likeness (QED) is 0.703. The van der Waals surface area contributed by atoms with E-state index in [0.29, 0.717) is 25.0 Å². The minimum Gasteiger partial charge on any atom is -0.475 e. The standard InChI is InChI=1S/C12H21N3O2/c1-4-6-16-7-8-17-11-10(3)9-14-12(15-11)13-5-2/h9H,4-8H2,1-3H3,(H,13,14,15). The Morgan fingerprint density at radius 3 is 2.76 bits per heavy atom. The van der Waals surface area contributed by atoms with Crippen molar-refractivity contribution in [3.8, 4) is 5.88 Å². The van der Waals surface area contributed by atoms with Gasteiger partial charge in [-0.1, -0.05) is 6.92 Å². The zero-order valence-electron chi connectivity index (χ0n) is 10.8. The van der Waals surface area contributed by atoms with Crippen LogP contribution >= 0.6 is 0 Å². The van der Waals surface area contributed by atoms with Gasteiger partial charge in [0.1, 0.15) is 6.61 Å². The predicted octanol–water partition coefficient (Wildman–Crippen LogP) is 2.02. The first-order valence-corrected chi connectivity index (χ1v) is 6.06. The van der Waals surface area contributed by atoms with Crippen molar-refractivity contribution in [2.45, 2.75) is 27.2 Å². The molecule has 0 aliphatic rings. The lowest BCUT2D eigenvalue weighted by atomic mass is 10.4. The van der Waals surface area contributed by atoms with Crippen LogP contribution in [0.5, 0.6) is 5.88 Å². The van der Waals surface area contributed by atoms with Gasteiger partial charge in [-0.25, -0.2) is 4.98 Å². The topological polar surface area (TPSA) is 56.3 Å². The van der Waals surface area contributed by atoms with Crippen LogP contribution in [0.25, 0.3) is 0 Å². The number of ether oxygens (including phenoxy) is 2. The molecule has 0 amide bonds. The maximum Gasteiger partial charge on any atom is 0.225 e. The molecule has 0 aliphatic heterocycles. The van der Waals surface area contributed by atoms with Gasteiger partial charge in [-0.15, -0.1) is 0 Å². The first kappa shape index (κ1) is 13.7. The zero-order chi connectivity index (χ0) is 12.5. The van der Waals surface area contributed by atoms with Gasteiger partial charge in [0, 0.05) is 24.9 Å². The molecule has 96 valence electrons. The van der Waals surface area contributed by atoms with E-state index in [0.717, 1.165) is 25.1 Å². The summed E-state index contributed by atoms with van der Waals surface area (Å²) >= 11 is 0. The number of nitrogens with one attached hydrogen (secondary N) is 1. The number of rotatable bonds is 8. The van der Waals surface area contributed by atoms with Crippen LogP contribution in [0.15, 0.2) is 6.20 Å². The molecule has 0 unspecified atom stereocenters. The van der Waals surface area contributed by atoms with Gasteiger partial charge in [0.15, 0.2) is 0 Å². The molecule has 0 atom stereocenters. The van der Waals surface area contributed by atoms with Crippen LogP contribution < -0.4 is 10.1 Å². The molecule has 1 heterocycles. The second kappa shape index (κ2) is 7.84. The molecule has 0 spiro atoms. The van der Waals surface area contributed by atoms with E-state index in [4.69, 9.17) is 9.47 Å². The van der Waals surface area contributed by atoms with Gasteiger partial charge in [-0.2, -0.15) is 4.98 Å². The van der Waals surface area contributed by atoms with Crippen LogP contribution in [0.3, 0.4) is 0 Å². The van der Waals surface area contributed by atoms with E-state index in [1.54, 1.807) is 6.20 Å². The Hall–Kier alpha value is -1.36. The molecule has 1 N–H and O–H groups in total. The maximum absolute atomic E-state index is 5.55. The molecular formula is C12H21N3O2. The molecule has 1 aromatic heterocycles. The fourth-order valence-corrected chi connectivity index (χ4v) is 1.26.